The number of fused-ring (bicyclic) bond motifs is 6. The second-order valence-electron chi connectivity index (χ2n) is 10.4. The van der Waals surface area contributed by atoms with Crippen molar-refractivity contribution in [3.8, 4) is 39.9 Å². The molecule has 9 aromatic rings. The zero-order valence-corrected chi connectivity index (χ0v) is 23.1. The van der Waals surface area contributed by atoms with Gasteiger partial charge in [0.25, 0.3) is 0 Å². The van der Waals surface area contributed by atoms with Crippen molar-refractivity contribution in [1.82, 2.24) is 19.5 Å². The first-order valence-corrected chi connectivity index (χ1v) is 14.1. The Hall–Kier alpha value is -6.07. The summed E-state index contributed by atoms with van der Waals surface area (Å²) >= 11 is 0. The molecule has 3 heterocycles. The number of nitrogens with zero attached hydrogens (tertiary/aromatic N) is 4. The van der Waals surface area contributed by atoms with Gasteiger partial charge in [-0.2, -0.15) is 9.97 Å². The first-order valence-electron chi connectivity index (χ1n) is 17.1. The summed E-state index contributed by atoms with van der Waals surface area (Å²) in [7, 11) is 0. The number of furan rings is 1. The standard InChI is InChI=1S/C39H24N4O/c1-3-12-25(13-4-1)27-22-23-35-32(24-27)30-18-11-19-31(36(30)44-35)38-40-37(26-14-5-2-6-15-26)41-39(42-38)43-33-20-9-7-16-28(33)29-17-8-10-21-34(29)43/h1-24H/i7D,8D,16D,17D,20D,21D. The maximum atomic E-state index is 8.92. The lowest BCUT2D eigenvalue weighted by Gasteiger charge is -2.11. The quantitative estimate of drug-likeness (QED) is 0.211. The molecule has 3 aromatic heterocycles. The molecule has 0 bridgehead atoms. The lowest BCUT2D eigenvalue weighted by Crippen LogP contribution is -2.06. The van der Waals surface area contributed by atoms with E-state index < -0.39 is 0 Å². The van der Waals surface area contributed by atoms with Crippen LogP contribution in [0.5, 0.6) is 0 Å². The van der Waals surface area contributed by atoms with Crippen LogP contribution >= 0.6 is 0 Å². The average Bonchev–Trinajstić information content (AvgIpc) is 3.71. The number of para-hydroxylation sites is 3. The van der Waals surface area contributed by atoms with Crippen molar-refractivity contribution in [3.05, 3.63) is 145 Å². The highest BCUT2D eigenvalue weighted by Gasteiger charge is 2.20. The van der Waals surface area contributed by atoms with Gasteiger partial charge in [-0.25, -0.2) is 4.98 Å². The van der Waals surface area contributed by atoms with Crippen molar-refractivity contribution in [1.29, 1.82) is 0 Å². The molecular formula is C39H24N4O. The molecule has 5 nitrogen and oxygen atoms in total. The van der Waals surface area contributed by atoms with E-state index in [1.54, 1.807) is 0 Å². The van der Waals surface area contributed by atoms with Gasteiger partial charge in [0.15, 0.2) is 11.6 Å². The molecule has 0 saturated heterocycles. The lowest BCUT2D eigenvalue weighted by atomic mass is 10.0. The molecule has 0 aliphatic carbocycles. The van der Waals surface area contributed by atoms with E-state index in [0.717, 1.165) is 21.9 Å². The summed E-state index contributed by atoms with van der Waals surface area (Å²) in [6.45, 7) is 0. The second kappa shape index (κ2) is 9.75. The first kappa shape index (κ1) is 19.2. The van der Waals surface area contributed by atoms with Crippen LogP contribution in [0.2, 0.25) is 0 Å². The predicted octanol–water partition coefficient (Wildman–Crippen LogP) is 9.87. The molecule has 0 saturated carbocycles. The minimum Gasteiger partial charge on any atom is -0.455 e. The molecule has 206 valence electrons. The molecule has 0 spiro atoms. The van der Waals surface area contributed by atoms with E-state index >= 15 is 0 Å². The number of hydrogen-bond donors (Lipinski definition) is 0. The van der Waals surface area contributed by atoms with Gasteiger partial charge in [0, 0.05) is 27.1 Å². The molecule has 0 unspecified atom stereocenters. The van der Waals surface area contributed by atoms with Crippen LogP contribution in [0.4, 0.5) is 0 Å². The third kappa shape index (κ3) is 3.83. The van der Waals surface area contributed by atoms with Crippen molar-refractivity contribution in [2.24, 2.45) is 0 Å². The molecule has 0 fully saturated rings. The Morgan fingerprint density at radius 2 is 1.20 bits per heavy atom. The Morgan fingerprint density at radius 3 is 1.93 bits per heavy atom. The molecule has 0 amide bonds. The van der Waals surface area contributed by atoms with Crippen LogP contribution < -0.4 is 0 Å². The normalized spacial score (nSPS) is 13.5. The Kier molecular flexibility index (Phi) is 4.25. The summed E-state index contributed by atoms with van der Waals surface area (Å²) in [6, 6.07) is 32.9. The van der Waals surface area contributed by atoms with Crippen LogP contribution in [0.25, 0.3) is 83.6 Å². The highest BCUT2D eigenvalue weighted by atomic mass is 16.3. The molecule has 5 heteroatoms. The van der Waals surface area contributed by atoms with Crippen molar-refractivity contribution in [3.63, 3.8) is 0 Å². The zero-order chi connectivity index (χ0) is 34.3. The van der Waals surface area contributed by atoms with Crippen LogP contribution in [0.3, 0.4) is 0 Å². The molecular weight excluding hydrogens is 540 g/mol. The summed E-state index contributed by atoms with van der Waals surface area (Å²) in [5.74, 6) is 0.662. The van der Waals surface area contributed by atoms with Gasteiger partial charge in [-0.05, 0) is 41.4 Å². The summed E-state index contributed by atoms with van der Waals surface area (Å²) < 4.78 is 60.1. The number of hydrogen-bond acceptors (Lipinski definition) is 4. The topological polar surface area (TPSA) is 56.7 Å². The maximum Gasteiger partial charge on any atom is 0.238 e. The summed E-state index contributed by atoms with van der Waals surface area (Å²) in [5, 5.41) is 2.06. The van der Waals surface area contributed by atoms with Gasteiger partial charge in [-0.1, -0.05) is 115 Å². The average molecular weight is 571 g/mol. The van der Waals surface area contributed by atoms with E-state index in [2.05, 4.69) is 18.2 Å². The van der Waals surface area contributed by atoms with Gasteiger partial charge in [0.2, 0.25) is 5.95 Å². The zero-order valence-electron chi connectivity index (χ0n) is 29.1. The SMILES string of the molecule is [2H]c1cc([2H])c2c(c1[2H])c1c([2H])c([2H])cc([2H])c1n2-c1nc(-c2ccccc2)nc(-c2cccc3c2oc2ccc(-c4ccccc4)cc23)n1. The Morgan fingerprint density at radius 1 is 0.523 bits per heavy atom. The number of aromatic nitrogens is 4. The van der Waals surface area contributed by atoms with Gasteiger partial charge in [-0.15, -0.1) is 0 Å². The first-order chi connectivity index (χ1) is 24.3. The Balaban J connectivity index is 1.36. The monoisotopic (exact) mass is 570 g/mol. The minimum absolute atomic E-state index is 0.0598. The van der Waals surface area contributed by atoms with Crippen LogP contribution in [0, 0.1) is 0 Å². The Labute approximate surface area is 261 Å². The van der Waals surface area contributed by atoms with Crippen LogP contribution in [0.1, 0.15) is 8.22 Å². The van der Waals surface area contributed by atoms with Gasteiger partial charge in [0.1, 0.15) is 11.2 Å². The van der Waals surface area contributed by atoms with Gasteiger partial charge in [0.05, 0.1) is 24.8 Å². The second-order valence-corrected chi connectivity index (χ2v) is 10.4. The van der Waals surface area contributed by atoms with Crippen molar-refractivity contribution in [2.75, 3.05) is 0 Å². The fourth-order valence-corrected chi connectivity index (χ4v) is 5.80. The summed E-state index contributed by atoms with van der Waals surface area (Å²) in [6.07, 6.45) is 0. The van der Waals surface area contributed by atoms with E-state index in [-0.39, 0.29) is 69.8 Å². The maximum absolute atomic E-state index is 8.92. The Bertz CT molecular complexity index is 2760. The van der Waals surface area contributed by atoms with Crippen LogP contribution in [0.15, 0.2) is 150 Å². The van der Waals surface area contributed by atoms with Crippen LogP contribution in [-0.4, -0.2) is 19.5 Å². The molecule has 0 atom stereocenters. The van der Waals surface area contributed by atoms with Crippen molar-refractivity contribution >= 4 is 43.7 Å². The smallest absolute Gasteiger partial charge is 0.238 e. The fraction of sp³-hybridized carbons (Fsp3) is 0. The number of rotatable bonds is 4. The van der Waals surface area contributed by atoms with E-state index in [0.29, 0.717) is 28.1 Å². The van der Waals surface area contributed by atoms with Crippen molar-refractivity contribution < 1.29 is 12.6 Å². The largest absolute Gasteiger partial charge is 0.455 e. The minimum atomic E-state index is -0.210. The van der Waals surface area contributed by atoms with E-state index in [4.69, 9.17) is 27.6 Å². The highest BCUT2D eigenvalue weighted by molar-refractivity contribution is 6.11. The molecule has 9 rings (SSSR count). The van der Waals surface area contributed by atoms with Crippen molar-refractivity contribution in [2.45, 2.75) is 0 Å². The third-order valence-corrected chi connectivity index (χ3v) is 7.83. The summed E-state index contributed by atoms with van der Waals surface area (Å²) in [4.78, 5) is 14.7. The molecule has 0 aliphatic rings. The molecule has 0 N–H and O–H groups in total. The van der Waals surface area contributed by atoms with Gasteiger partial charge in [-0.3, -0.25) is 4.57 Å². The number of benzene rings is 6. The highest BCUT2D eigenvalue weighted by Crippen LogP contribution is 2.38. The molecule has 0 aliphatic heterocycles. The van der Waals surface area contributed by atoms with Gasteiger partial charge >= 0.3 is 0 Å². The predicted molar refractivity (Wildman–Crippen MR) is 178 cm³/mol. The fourth-order valence-electron chi connectivity index (χ4n) is 5.80. The molecule has 0 radical (unpaired) electrons. The van der Waals surface area contributed by atoms with E-state index in [9.17, 15) is 0 Å². The molecule has 44 heavy (non-hydrogen) atoms. The van der Waals surface area contributed by atoms with Gasteiger partial charge < -0.3 is 4.42 Å². The van der Waals surface area contributed by atoms with E-state index in [1.165, 1.54) is 16.7 Å². The van der Waals surface area contributed by atoms with Crippen LogP contribution in [-0.2, 0) is 0 Å². The van der Waals surface area contributed by atoms with E-state index in [1.807, 2.05) is 78.9 Å². The third-order valence-electron chi connectivity index (χ3n) is 7.83. The summed E-state index contributed by atoms with van der Waals surface area (Å²) in [5.41, 5.74) is 5.05. The molecule has 6 aromatic carbocycles. The lowest BCUT2D eigenvalue weighted by molar-refractivity contribution is 0.669.